The molecule has 18 heavy (non-hydrogen) atoms. The number of carbonyl (C=O) groups excluding carboxylic acids is 1. The normalized spacial score (nSPS) is 12.6. The van der Waals surface area contributed by atoms with Gasteiger partial charge in [0.25, 0.3) is 0 Å². The highest BCUT2D eigenvalue weighted by Gasteiger charge is 2.24. The zero-order chi connectivity index (χ0) is 13.9. The largest absolute Gasteiger partial charge is 0.496 e. The van der Waals surface area contributed by atoms with E-state index in [1.165, 1.54) is 0 Å². The van der Waals surface area contributed by atoms with Crippen LogP contribution in [0.5, 0.6) is 5.75 Å². The van der Waals surface area contributed by atoms with Crippen LogP contribution in [0.15, 0.2) is 12.1 Å². The SMILES string of the molecule is COc1cc(C)c(C(=O)C(OC)C(C)C)cc1C. The van der Waals surface area contributed by atoms with Crippen molar-refractivity contribution in [2.24, 2.45) is 5.92 Å². The van der Waals surface area contributed by atoms with E-state index in [-0.39, 0.29) is 11.7 Å². The quantitative estimate of drug-likeness (QED) is 0.753. The first-order chi connectivity index (χ1) is 8.42. The number of Topliss-reactive ketones (excluding diaryl/α,β-unsaturated/α-hetero) is 1. The van der Waals surface area contributed by atoms with Gasteiger partial charge in [-0.2, -0.15) is 0 Å². The predicted molar refractivity (Wildman–Crippen MR) is 72.4 cm³/mol. The van der Waals surface area contributed by atoms with Gasteiger partial charge in [0.05, 0.1) is 7.11 Å². The van der Waals surface area contributed by atoms with Crippen molar-refractivity contribution in [2.45, 2.75) is 33.8 Å². The van der Waals surface area contributed by atoms with Crippen molar-refractivity contribution in [3.05, 3.63) is 28.8 Å². The van der Waals surface area contributed by atoms with E-state index >= 15 is 0 Å². The zero-order valence-electron chi connectivity index (χ0n) is 12.0. The van der Waals surface area contributed by atoms with Crippen molar-refractivity contribution in [1.82, 2.24) is 0 Å². The van der Waals surface area contributed by atoms with Crippen molar-refractivity contribution in [2.75, 3.05) is 14.2 Å². The minimum absolute atomic E-state index is 0.0377. The Labute approximate surface area is 109 Å². The molecule has 0 saturated heterocycles. The maximum absolute atomic E-state index is 12.4. The van der Waals surface area contributed by atoms with Gasteiger partial charge in [-0.3, -0.25) is 4.79 Å². The van der Waals surface area contributed by atoms with Crippen LogP contribution in [0, 0.1) is 19.8 Å². The molecule has 0 aromatic heterocycles. The van der Waals surface area contributed by atoms with Gasteiger partial charge in [0.15, 0.2) is 5.78 Å². The zero-order valence-corrected chi connectivity index (χ0v) is 12.0. The van der Waals surface area contributed by atoms with Gasteiger partial charge in [-0.05, 0) is 43.0 Å². The van der Waals surface area contributed by atoms with E-state index in [4.69, 9.17) is 9.47 Å². The van der Waals surface area contributed by atoms with Crippen LogP contribution in [0.3, 0.4) is 0 Å². The lowest BCUT2D eigenvalue weighted by atomic mass is 9.93. The molecule has 0 bridgehead atoms. The van der Waals surface area contributed by atoms with E-state index in [2.05, 4.69) is 0 Å². The van der Waals surface area contributed by atoms with Gasteiger partial charge in [0.1, 0.15) is 11.9 Å². The summed E-state index contributed by atoms with van der Waals surface area (Å²) >= 11 is 0. The first-order valence-corrected chi connectivity index (χ1v) is 6.14. The van der Waals surface area contributed by atoms with Crippen LogP contribution >= 0.6 is 0 Å². The number of rotatable bonds is 5. The van der Waals surface area contributed by atoms with E-state index in [9.17, 15) is 4.79 Å². The molecular weight excluding hydrogens is 228 g/mol. The third-order valence-electron chi connectivity index (χ3n) is 3.13. The third kappa shape index (κ3) is 2.91. The number of hydrogen-bond donors (Lipinski definition) is 0. The molecule has 0 aliphatic heterocycles. The van der Waals surface area contributed by atoms with Crippen LogP contribution in [-0.2, 0) is 4.74 Å². The number of benzene rings is 1. The van der Waals surface area contributed by atoms with Crippen molar-refractivity contribution < 1.29 is 14.3 Å². The highest BCUT2D eigenvalue weighted by Crippen LogP contribution is 2.25. The van der Waals surface area contributed by atoms with Gasteiger partial charge >= 0.3 is 0 Å². The second-order valence-corrected chi connectivity index (χ2v) is 4.90. The molecule has 0 spiro atoms. The summed E-state index contributed by atoms with van der Waals surface area (Å²) in [7, 11) is 3.21. The van der Waals surface area contributed by atoms with E-state index in [1.807, 2.05) is 39.8 Å². The fraction of sp³-hybridized carbons (Fsp3) is 0.533. The number of ether oxygens (including phenoxy) is 2. The Balaban J connectivity index is 3.17. The summed E-state index contributed by atoms with van der Waals surface area (Å²) in [5, 5.41) is 0. The molecule has 0 N–H and O–H groups in total. The van der Waals surface area contributed by atoms with Gasteiger partial charge in [-0.1, -0.05) is 13.8 Å². The summed E-state index contributed by atoms with van der Waals surface area (Å²) in [5.41, 5.74) is 2.60. The van der Waals surface area contributed by atoms with Crippen LogP contribution < -0.4 is 4.74 Å². The van der Waals surface area contributed by atoms with Crippen molar-refractivity contribution in [3.63, 3.8) is 0 Å². The lowest BCUT2D eigenvalue weighted by Gasteiger charge is -2.19. The Morgan fingerprint density at radius 3 is 2.17 bits per heavy atom. The van der Waals surface area contributed by atoms with Crippen LogP contribution in [0.25, 0.3) is 0 Å². The number of hydrogen-bond acceptors (Lipinski definition) is 3. The summed E-state index contributed by atoms with van der Waals surface area (Å²) in [6.45, 7) is 7.82. The molecule has 1 rings (SSSR count). The summed E-state index contributed by atoms with van der Waals surface area (Å²) in [4.78, 5) is 12.4. The highest BCUT2D eigenvalue weighted by atomic mass is 16.5. The fourth-order valence-corrected chi connectivity index (χ4v) is 2.11. The van der Waals surface area contributed by atoms with E-state index in [0.717, 1.165) is 16.9 Å². The summed E-state index contributed by atoms with van der Waals surface area (Å²) in [5.74, 6) is 1.00. The van der Waals surface area contributed by atoms with Crippen molar-refractivity contribution >= 4 is 5.78 Å². The van der Waals surface area contributed by atoms with Crippen molar-refractivity contribution in [3.8, 4) is 5.75 Å². The molecule has 1 aromatic rings. The van der Waals surface area contributed by atoms with Crippen LogP contribution in [0.1, 0.15) is 35.3 Å². The summed E-state index contributed by atoms with van der Waals surface area (Å²) in [6, 6.07) is 3.78. The number of carbonyl (C=O) groups is 1. The first-order valence-electron chi connectivity index (χ1n) is 6.14. The molecule has 0 amide bonds. The number of aryl methyl sites for hydroxylation is 2. The van der Waals surface area contributed by atoms with Gasteiger partial charge < -0.3 is 9.47 Å². The van der Waals surface area contributed by atoms with Gasteiger partial charge in [0.2, 0.25) is 0 Å². The smallest absolute Gasteiger partial charge is 0.192 e. The van der Waals surface area contributed by atoms with Gasteiger partial charge in [0, 0.05) is 12.7 Å². The average molecular weight is 250 g/mol. The average Bonchev–Trinajstić information content (AvgIpc) is 2.31. The highest BCUT2D eigenvalue weighted by molar-refractivity contribution is 6.01. The van der Waals surface area contributed by atoms with E-state index < -0.39 is 6.10 Å². The number of methoxy groups -OCH3 is 2. The Kier molecular flexibility index (Phi) is 4.91. The Morgan fingerprint density at radius 1 is 1.11 bits per heavy atom. The molecular formula is C15H22O3. The van der Waals surface area contributed by atoms with Gasteiger partial charge in [-0.25, -0.2) is 0 Å². The lowest BCUT2D eigenvalue weighted by molar-refractivity contribution is 0.0458. The maximum Gasteiger partial charge on any atom is 0.192 e. The minimum atomic E-state index is -0.392. The molecule has 100 valence electrons. The van der Waals surface area contributed by atoms with Crippen LogP contribution in [0.2, 0.25) is 0 Å². The minimum Gasteiger partial charge on any atom is -0.496 e. The molecule has 0 radical (unpaired) electrons. The monoisotopic (exact) mass is 250 g/mol. The third-order valence-corrected chi connectivity index (χ3v) is 3.13. The first kappa shape index (κ1) is 14.7. The summed E-state index contributed by atoms with van der Waals surface area (Å²) in [6.07, 6.45) is -0.392. The molecule has 0 fully saturated rings. The molecule has 1 unspecified atom stereocenters. The predicted octanol–water partition coefficient (Wildman–Crippen LogP) is 3.17. The molecule has 1 aromatic carbocycles. The molecule has 0 aliphatic carbocycles. The molecule has 3 nitrogen and oxygen atoms in total. The molecule has 0 saturated carbocycles. The maximum atomic E-state index is 12.4. The van der Waals surface area contributed by atoms with Crippen LogP contribution in [-0.4, -0.2) is 26.1 Å². The Morgan fingerprint density at radius 2 is 1.72 bits per heavy atom. The van der Waals surface area contributed by atoms with Crippen LogP contribution in [0.4, 0.5) is 0 Å². The molecule has 1 atom stereocenters. The molecule has 3 heteroatoms. The second kappa shape index (κ2) is 6.01. The number of ketones is 1. The fourth-order valence-electron chi connectivity index (χ4n) is 2.11. The van der Waals surface area contributed by atoms with Crippen molar-refractivity contribution in [1.29, 1.82) is 0 Å². The topological polar surface area (TPSA) is 35.5 Å². The lowest BCUT2D eigenvalue weighted by Crippen LogP contribution is -2.29. The van der Waals surface area contributed by atoms with Gasteiger partial charge in [-0.15, -0.1) is 0 Å². The van der Waals surface area contributed by atoms with E-state index in [1.54, 1.807) is 14.2 Å². The molecule has 0 aliphatic rings. The standard InChI is InChI=1S/C15H22O3/c1-9(2)15(18-6)14(16)12-7-11(4)13(17-5)8-10(12)3/h7-9,15H,1-6H3. The van der Waals surface area contributed by atoms with E-state index in [0.29, 0.717) is 5.56 Å². The Bertz CT molecular complexity index is 436. The Hall–Kier alpha value is -1.35. The summed E-state index contributed by atoms with van der Waals surface area (Å²) < 4.78 is 10.6. The second-order valence-electron chi connectivity index (χ2n) is 4.90. The molecule has 0 heterocycles.